The van der Waals surface area contributed by atoms with Crippen LogP contribution in [0.25, 0.3) is 0 Å². The first-order valence-electron chi connectivity index (χ1n) is 7.21. The Morgan fingerprint density at radius 2 is 1.96 bits per heavy atom. The van der Waals surface area contributed by atoms with Crippen molar-refractivity contribution in [3.63, 3.8) is 0 Å². The largest absolute Gasteiger partial charge is 0.480 e. The van der Waals surface area contributed by atoms with Crippen LogP contribution in [0.5, 0.6) is 5.88 Å². The molecule has 2 rings (SSSR count). The zero-order valence-corrected chi connectivity index (χ0v) is 12.6. The monoisotopic (exact) mass is 326 g/mol. The average molecular weight is 326 g/mol. The van der Waals surface area contributed by atoms with E-state index in [1.807, 2.05) is 0 Å². The number of hydrogen-bond acceptors (Lipinski definition) is 5. The molecule has 1 aromatic rings. The summed E-state index contributed by atoms with van der Waals surface area (Å²) in [5, 5.41) is 14.1. The zero-order chi connectivity index (χ0) is 17.0. The van der Waals surface area contributed by atoms with Crippen LogP contribution in [0, 0.1) is 5.82 Å². The fraction of sp³-hybridized carbons (Fsp3) is 0.500. The Morgan fingerprint density at radius 1 is 1.35 bits per heavy atom. The third kappa shape index (κ3) is 4.21. The van der Waals surface area contributed by atoms with Gasteiger partial charge in [-0.1, -0.05) is 0 Å². The minimum atomic E-state index is -1.04. The second kappa shape index (κ2) is 7.12. The minimum absolute atomic E-state index is 0.0125. The lowest BCUT2D eigenvalue weighted by atomic mass is 9.91. The summed E-state index contributed by atoms with van der Waals surface area (Å²) in [7, 11) is 1.32. The lowest BCUT2D eigenvalue weighted by Crippen LogP contribution is -2.39. The molecular formula is C14H19FN4O4. The number of hydrogen-bond donors (Lipinski definition) is 4. The van der Waals surface area contributed by atoms with E-state index in [2.05, 4.69) is 15.6 Å². The van der Waals surface area contributed by atoms with Crippen molar-refractivity contribution in [2.24, 2.45) is 5.73 Å². The molecule has 1 aliphatic carbocycles. The van der Waals surface area contributed by atoms with Gasteiger partial charge < -0.3 is 26.2 Å². The lowest BCUT2D eigenvalue weighted by molar-refractivity contribution is 0.0996. The molecular weight excluding hydrogens is 307 g/mol. The van der Waals surface area contributed by atoms with Crippen LogP contribution >= 0.6 is 0 Å². The number of anilines is 1. The second-order valence-corrected chi connectivity index (χ2v) is 5.38. The van der Waals surface area contributed by atoms with Crippen molar-refractivity contribution in [3.05, 3.63) is 17.4 Å². The van der Waals surface area contributed by atoms with Gasteiger partial charge in [0.2, 0.25) is 5.88 Å². The number of carboxylic acid groups (broad SMARTS) is 1. The number of nitrogens with one attached hydrogen (secondary N) is 2. The number of pyridine rings is 1. The molecule has 1 heterocycles. The first-order chi connectivity index (χ1) is 10.9. The van der Waals surface area contributed by atoms with Gasteiger partial charge in [0, 0.05) is 12.1 Å². The molecule has 1 aliphatic rings. The number of aromatic nitrogens is 1. The summed E-state index contributed by atoms with van der Waals surface area (Å²) in [6, 6.07) is 0.872. The third-order valence-corrected chi connectivity index (χ3v) is 3.80. The van der Waals surface area contributed by atoms with Gasteiger partial charge >= 0.3 is 6.09 Å². The van der Waals surface area contributed by atoms with Gasteiger partial charge in [0.25, 0.3) is 5.91 Å². The van der Waals surface area contributed by atoms with Crippen molar-refractivity contribution in [2.45, 2.75) is 37.8 Å². The summed E-state index contributed by atoms with van der Waals surface area (Å²) in [6.07, 6.45) is 1.61. The summed E-state index contributed by atoms with van der Waals surface area (Å²) in [5.74, 6) is -1.56. The summed E-state index contributed by atoms with van der Waals surface area (Å²) < 4.78 is 19.0. The van der Waals surface area contributed by atoms with E-state index in [1.54, 1.807) is 0 Å². The van der Waals surface area contributed by atoms with E-state index in [-0.39, 0.29) is 29.3 Å². The van der Waals surface area contributed by atoms with Crippen LogP contribution in [0.4, 0.5) is 15.0 Å². The Bertz CT molecular complexity index is 603. The second-order valence-electron chi connectivity index (χ2n) is 5.38. The number of carbonyl (C=O) groups excluding carboxylic acids is 1. The van der Waals surface area contributed by atoms with Crippen LogP contribution in [0.1, 0.15) is 36.0 Å². The van der Waals surface area contributed by atoms with E-state index in [0.29, 0.717) is 25.7 Å². The molecule has 0 atom stereocenters. The molecule has 1 aromatic heterocycles. The number of rotatable bonds is 5. The highest BCUT2D eigenvalue weighted by molar-refractivity contribution is 5.95. The maximum atomic E-state index is 14.1. The average Bonchev–Trinajstić information content (AvgIpc) is 2.50. The van der Waals surface area contributed by atoms with Crippen LogP contribution in [-0.4, -0.2) is 41.3 Å². The van der Waals surface area contributed by atoms with E-state index < -0.39 is 17.8 Å². The number of primary amides is 1. The van der Waals surface area contributed by atoms with E-state index in [1.165, 1.54) is 7.11 Å². The van der Waals surface area contributed by atoms with Gasteiger partial charge in [-0.3, -0.25) is 4.79 Å². The molecule has 0 aliphatic heterocycles. The topological polar surface area (TPSA) is 127 Å². The quantitative estimate of drug-likeness (QED) is 0.646. The van der Waals surface area contributed by atoms with Crippen molar-refractivity contribution < 1.29 is 23.8 Å². The lowest BCUT2D eigenvalue weighted by Gasteiger charge is -2.29. The van der Waals surface area contributed by atoms with Gasteiger partial charge in [-0.25, -0.2) is 9.18 Å². The van der Waals surface area contributed by atoms with Crippen LogP contribution in [0.3, 0.4) is 0 Å². The number of nitrogens with zero attached hydrogens (tertiary/aromatic N) is 1. The number of ether oxygens (including phenoxy) is 1. The molecule has 1 fully saturated rings. The maximum Gasteiger partial charge on any atom is 0.404 e. The van der Waals surface area contributed by atoms with Gasteiger partial charge in [-0.2, -0.15) is 4.98 Å². The first-order valence-corrected chi connectivity index (χ1v) is 7.21. The summed E-state index contributed by atoms with van der Waals surface area (Å²) in [6.45, 7) is 0. The van der Waals surface area contributed by atoms with Crippen molar-refractivity contribution in [1.29, 1.82) is 0 Å². The highest BCUT2D eigenvalue weighted by Crippen LogP contribution is 2.26. The van der Waals surface area contributed by atoms with Crippen molar-refractivity contribution in [1.82, 2.24) is 10.3 Å². The summed E-state index contributed by atoms with van der Waals surface area (Å²) in [5.41, 5.74) is 5.03. The number of amides is 2. The number of methoxy groups -OCH3 is 1. The Hall–Kier alpha value is -2.58. The Balaban J connectivity index is 2.04. The molecule has 5 N–H and O–H groups in total. The number of carbonyl (C=O) groups is 2. The standard InChI is InChI=1S/C14H19FN4O4/c1-23-13-9(11(16)20)6-10(15)12(19-13)17-7-2-4-8(5-3-7)18-14(21)22/h6-8,18H,2-5H2,1H3,(H2,16,20)(H,17,19)(H,21,22)/t7-,8-. The molecule has 0 radical (unpaired) electrons. The normalized spacial score (nSPS) is 20.6. The van der Waals surface area contributed by atoms with Crippen LogP contribution < -0.4 is 21.1 Å². The van der Waals surface area contributed by atoms with Crippen LogP contribution in [0.2, 0.25) is 0 Å². The molecule has 9 heteroatoms. The van der Waals surface area contributed by atoms with Crippen LogP contribution in [0.15, 0.2) is 6.07 Å². The predicted octanol–water partition coefficient (Wildman–Crippen LogP) is 1.32. The minimum Gasteiger partial charge on any atom is -0.480 e. The number of nitrogens with two attached hydrogens (primary N) is 1. The SMILES string of the molecule is COc1nc(N[C@H]2CC[C@H](NC(=O)O)CC2)c(F)cc1C(N)=O. The van der Waals surface area contributed by atoms with E-state index >= 15 is 0 Å². The van der Waals surface area contributed by atoms with Gasteiger partial charge in [-0.15, -0.1) is 0 Å². The van der Waals surface area contributed by atoms with Crippen molar-refractivity contribution >= 4 is 17.8 Å². The fourth-order valence-corrected chi connectivity index (χ4v) is 2.66. The smallest absolute Gasteiger partial charge is 0.404 e. The first kappa shape index (κ1) is 16.8. The fourth-order valence-electron chi connectivity index (χ4n) is 2.66. The Kier molecular flexibility index (Phi) is 5.20. The molecule has 0 spiro atoms. The molecule has 0 saturated heterocycles. The molecule has 23 heavy (non-hydrogen) atoms. The van der Waals surface area contributed by atoms with E-state index in [9.17, 15) is 14.0 Å². The van der Waals surface area contributed by atoms with Crippen molar-refractivity contribution in [2.75, 3.05) is 12.4 Å². The van der Waals surface area contributed by atoms with Gasteiger partial charge in [0.15, 0.2) is 11.6 Å². The molecule has 1 saturated carbocycles. The van der Waals surface area contributed by atoms with Gasteiger partial charge in [-0.05, 0) is 31.7 Å². The number of halogens is 1. The third-order valence-electron chi connectivity index (χ3n) is 3.80. The van der Waals surface area contributed by atoms with Crippen LogP contribution in [-0.2, 0) is 0 Å². The molecule has 126 valence electrons. The van der Waals surface area contributed by atoms with Crippen molar-refractivity contribution in [3.8, 4) is 5.88 Å². The van der Waals surface area contributed by atoms with E-state index in [0.717, 1.165) is 6.07 Å². The summed E-state index contributed by atoms with van der Waals surface area (Å²) in [4.78, 5) is 25.8. The Labute approximate surface area is 132 Å². The molecule has 0 bridgehead atoms. The van der Waals surface area contributed by atoms with Gasteiger partial charge in [0.05, 0.1) is 7.11 Å². The highest BCUT2D eigenvalue weighted by Gasteiger charge is 2.24. The van der Waals surface area contributed by atoms with Gasteiger partial charge in [0.1, 0.15) is 5.56 Å². The molecule has 0 aromatic carbocycles. The molecule has 0 unspecified atom stereocenters. The zero-order valence-electron chi connectivity index (χ0n) is 12.6. The summed E-state index contributed by atoms with van der Waals surface area (Å²) >= 11 is 0. The molecule has 8 nitrogen and oxygen atoms in total. The predicted molar refractivity (Wildman–Crippen MR) is 80.1 cm³/mol. The molecule has 2 amide bonds. The maximum absolute atomic E-state index is 14.1. The van der Waals surface area contributed by atoms with E-state index in [4.69, 9.17) is 15.6 Å². The Morgan fingerprint density at radius 3 is 2.48 bits per heavy atom. The highest BCUT2D eigenvalue weighted by atomic mass is 19.1.